The van der Waals surface area contributed by atoms with Gasteiger partial charge in [0.2, 0.25) is 17.7 Å². The number of hydrogen-bond donors (Lipinski definition) is 11. The first-order valence-electron chi connectivity index (χ1n) is 28.5. The van der Waals surface area contributed by atoms with Crippen LogP contribution >= 0.6 is 0 Å². The highest BCUT2D eigenvalue weighted by molar-refractivity contribution is 5.93. The number of hydrazine groups is 1. The number of aliphatic carboxylic acids is 1. The molecule has 1 spiro atoms. The topological polar surface area (TPSA) is 305 Å². The number of piperidine rings is 1. The minimum absolute atomic E-state index is 0.00299. The number of ketones is 1. The van der Waals surface area contributed by atoms with Gasteiger partial charge in [-0.3, -0.25) is 29.0 Å². The van der Waals surface area contributed by atoms with Gasteiger partial charge in [0.05, 0.1) is 42.5 Å². The van der Waals surface area contributed by atoms with Crippen LogP contribution in [0.3, 0.4) is 0 Å². The van der Waals surface area contributed by atoms with E-state index in [1.54, 1.807) is 51.1 Å². The molecule has 442 valence electrons. The fraction of sp³-hybridized carbons (Fsp3) is 0.667. The maximum Gasteiger partial charge on any atom is 0.322 e. The molecule has 4 amide bonds. The second kappa shape index (κ2) is 31.1. The SMILES string of the molecule is CC[C@H]1C[C@H](C)[C@@]2(NC1=O)O[C@@H](C[C@H](O)[C@@H](C)CCC=CC=C(C)[C@@H](O)CC=CC=C[C@@H](O)[C@H](C)[C@@H](O)[C@@H](CCC(C)=O)C(=O)N[C@H](C(=O)N[C@@H](Cc1cccc(O)c1)C(=O)N1CCC[C@@H](C(=O)O)N1)C(C)C)[C@H](C)[C@H](O)[C@@H]2C. The summed E-state index contributed by atoms with van der Waals surface area (Å²) in [5.74, 6) is -7.00. The molecule has 0 aliphatic carbocycles. The first-order valence-corrected chi connectivity index (χ1v) is 28.5. The van der Waals surface area contributed by atoms with E-state index in [9.17, 15) is 64.5 Å². The lowest BCUT2D eigenvalue weighted by molar-refractivity contribution is -0.267. The van der Waals surface area contributed by atoms with Crippen LogP contribution < -0.4 is 21.4 Å². The van der Waals surface area contributed by atoms with E-state index in [0.717, 1.165) is 11.4 Å². The third-order valence-corrected chi connectivity index (χ3v) is 16.7. The number of carbonyl (C=O) groups excluding carboxylic acids is 5. The Balaban J connectivity index is 1.30. The molecular weight excluding hydrogens is 1010 g/mol. The Morgan fingerprint density at radius 1 is 0.949 bits per heavy atom. The molecule has 19 nitrogen and oxygen atoms in total. The fourth-order valence-electron chi connectivity index (χ4n) is 11.0. The normalized spacial score (nSPS) is 27.5. The van der Waals surface area contributed by atoms with E-state index in [-0.39, 0.29) is 79.3 Å². The molecule has 19 heteroatoms. The molecule has 0 unspecified atom stereocenters. The Labute approximate surface area is 467 Å². The van der Waals surface area contributed by atoms with E-state index in [1.165, 1.54) is 25.1 Å². The first-order chi connectivity index (χ1) is 37.2. The Morgan fingerprint density at radius 2 is 1.66 bits per heavy atom. The number of phenolic OH excluding ortho intramolecular Hbond substituents is 1. The van der Waals surface area contributed by atoms with Gasteiger partial charge in [-0.1, -0.05) is 110 Å². The van der Waals surface area contributed by atoms with Gasteiger partial charge in [0.15, 0.2) is 0 Å². The number of aliphatic hydroxyl groups excluding tert-OH is 5. The lowest BCUT2D eigenvalue weighted by Gasteiger charge is -2.56. The van der Waals surface area contributed by atoms with Crippen molar-refractivity contribution < 1.29 is 69.2 Å². The number of carboxylic acid groups (broad SMARTS) is 1. The molecule has 0 bridgehead atoms. The van der Waals surface area contributed by atoms with Crippen LogP contribution in [0.25, 0.3) is 0 Å². The maximum atomic E-state index is 14.1. The van der Waals surface area contributed by atoms with Crippen molar-refractivity contribution in [3.8, 4) is 5.75 Å². The number of ether oxygens (including phenoxy) is 1. The summed E-state index contributed by atoms with van der Waals surface area (Å²) in [5.41, 5.74) is 2.95. The van der Waals surface area contributed by atoms with Crippen molar-refractivity contribution in [2.45, 2.75) is 200 Å². The Morgan fingerprint density at radius 3 is 2.30 bits per heavy atom. The molecule has 3 heterocycles. The molecule has 0 aromatic heterocycles. The zero-order valence-corrected chi connectivity index (χ0v) is 48.1. The van der Waals surface area contributed by atoms with E-state index < -0.39 is 102 Å². The molecule has 3 aliphatic rings. The Bertz CT molecular complexity index is 2320. The van der Waals surface area contributed by atoms with Gasteiger partial charge in [-0.15, -0.1) is 0 Å². The second-order valence-electron chi connectivity index (χ2n) is 23.1. The number of aliphatic hydroxyl groups is 5. The summed E-state index contributed by atoms with van der Waals surface area (Å²) < 4.78 is 6.68. The van der Waals surface area contributed by atoms with Crippen molar-refractivity contribution in [2.75, 3.05) is 6.54 Å². The van der Waals surface area contributed by atoms with Crippen molar-refractivity contribution in [3.05, 3.63) is 77.9 Å². The van der Waals surface area contributed by atoms with Crippen LogP contribution in [-0.2, 0) is 39.9 Å². The number of rotatable bonds is 28. The second-order valence-corrected chi connectivity index (χ2v) is 23.1. The zero-order valence-electron chi connectivity index (χ0n) is 48.1. The Kier molecular flexibility index (Phi) is 26.1. The summed E-state index contributed by atoms with van der Waals surface area (Å²) in [4.78, 5) is 78.9. The summed E-state index contributed by atoms with van der Waals surface area (Å²) in [5, 5.41) is 85.6. The third kappa shape index (κ3) is 18.6. The van der Waals surface area contributed by atoms with Crippen LogP contribution in [0.15, 0.2) is 72.4 Å². The highest BCUT2D eigenvalue weighted by atomic mass is 16.5. The number of carboxylic acids is 1. The van der Waals surface area contributed by atoms with Gasteiger partial charge in [-0.25, -0.2) is 5.43 Å². The molecule has 1 aromatic carbocycles. The summed E-state index contributed by atoms with van der Waals surface area (Å²) in [6.45, 7) is 18.1. The monoisotopic (exact) mass is 1110 g/mol. The minimum Gasteiger partial charge on any atom is -0.508 e. The maximum absolute atomic E-state index is 14.1. The van der Waals surface area contributed by atoms with Crippen molar-refractivity contribution in [2.24, 2.45) is 47.3 Å². The fourth-order valence-corrected chi connectivity index (χ4v) is 11.0. The standard InChI is InChI=1S/C60H93N5O14/c1-11-43-30-37(6)60(63-55(43)73)41(10)53(71)40(9)51(79-60)33-50(70)36(5)21-15-12-14-20-35(4)48(68)25-16-13-17-26-49(69)39(8)54(72)45(28-27-38(7)66)56(74)62-52(34(2)3)57(75)61-47(32-42-22-18-23-44(67)31-42)58(76)65-29-19-24-46(64-65)59(77)78/h12-14,16-18,20,22-23,26,31,34,36-37,39-41,43,45-54,64,67-72H,11,15,19,21,24-25,27-30,32-33H2,1-10H3,(H,61,75)(H,62,74)(H,63,73)(H,77,78)/t36-,37-,39-,40-,41-,43-,45+,46-,47-,48-,49+,50-,51-,52-,53-,54+,60+/m0/s1. The summed E-state index contributed by atoms with van der Waals surface area (Å²) in [6, 6.07) is 2.63. The number of benzene rings is 1. The van der Waals surface area contributed by atoms with Gasteiger partial charge in [-0.05, 0) is 100 Å². The number of hydrogen-bond acceptors (Lipinski definition) is 14. The van der Waals surface area contributed by atoms with Crippen molar-refractivity contribution in [1.82, 2.24) is 26.4 Å². The van der Waals surface area contributed by atoms with Crippen molar-refractivity contribution in [1.29, 1.82) is 0 Å². The van der Waals surface area contributed by atoms with Gasteiger partial charge >= 0.3 is 5.97 Å². The zero-order chi connectivity index (χ0) is 58.9. The average molecular weight is 1110 g/mol. The lowest BCUT2D eigenvalue weighted by Crippen LogP contribution is -2.71. The molecule has 3 saturated heterocycles. The highest BCUT2D eigenvalue weighted by Crippen LogP contribution is 2.46. The van der Waals surface area contributed by atoms with Crippen LogP contribution in [0.2, 0.25) is 0 Å². The third-order valence-electron chi connectivity index (χ3n) is 16.7. The van der Waals surface area contributed by atoms with Gasteiger partial charge in [0.1, 0.15) is 35.4 Å². The quantitative estimate of drug-likeness (QED) is 0.0496. The van der Waals surface area contributed by atoms with Gasteiger partial charge < -0.3 is 61.2 Å². The molecule has 4 rings (SSSR count). The molecular formula is C60H93N5O14. The number of aromatic hydroxyl groups is 1. The van der Waals surface area contributed by atoms with Crippen LogP contribution in [0, 0.1) is 47.3 Å². The van der Waals surface area contributed by atoms with Crippen LogP contribution in [0.5, 0.6) is 5.75 Å². The van der Waals surface area contributed by atoms with E-state index >= 15 is 0 Å². The summed E-state index contributed by atoms with van der Waals surface area (Å²) in [7, 11) is 0. The lowest BCUT2D eigenvalue weighted by atomic mass is 9.69. The van der Waals surface area contributed by atoms with Crippen LogP contribution in [0.4, 0.5) is 0 Å². The van der Waals surface area contributed by atoms with Crippen LogP contribution in [0.1, 0.15) is 139 Å². The number of amides is 4. The van der Waals surface area contributed by atoms with Crippen molar-refractivity contribution >= 4 is 35.4 Å². The van der Waals surface area contributed by atoms with E-state index in [0.29, 0.717) is 49.7 Å². The van der Waals surface area contributed by atoms with E-state index in [1.807, 2.05) is 52.8 Å². The van der Waals surface area contributed by atoms with Crippen molar-refractivity contribution in [3.63, 3.8) is 0 Å². The van der Waals surface area contributed by atoms with Gasteiger partial charge in [-0.2, -0.15) is 0 Å². The predicted octanol–water partition coefficient (Wildman–Crippen LogP) is 4.93. The van der Waals surface area contributed by atoms with E-state index in [4.69, 9.17) is 4.74 Å². The number of carbonyl (C=O) groups is 6. The van der Waals surface area contributed by atoms with Crippen LogP contribution in [-0.4, -0.2) is 143 Å². The number of phenols is 1. The minimum atomic E-state index is -1.47. The highest BCUT2D eigenvalue weighted by Gasteiger charge is 2.57. The molecule has 79 heavy (non-hydrogen) atoms. The molecule has 0 radical (unpaired) electrons. The number of Topliss-reactive ketones (excluding diaryl/α,β-unsaturated/α-hetero) is 1. The molecule has 17 atom stereocenters. The molecule has 11 N–H and O–H groups in total. The number of allylic oxidation sites excluding steroid dienone is 5. The predicted molar refractivity (Wildman–Crippen MR) is 299 cm³/mol. The average Bonchev–Trinajstić information content (AvgIpc) is 3.45. The number of nitrogens with one attached hydrogen (secondary N) is 4. The molecule has 3 aliphatic heterocycles. The Hall–Kier alpha value is -5.28. The molecule has 3 fully saturated rings. The van der Waals surface area contributed by atoms with Gasteiger partial charge in [0, 0.05) is 55.4 Å². The molecule has 1 aromatic rings. The molecule has 0 saturated carbocycles. The largest absolute Gasteiger partial charge is 0.508 e. The first kappa shape index (κ1) is 66.2. The smallest absolute Gasteiger partial charge is 0.322 e. The summed E-state index contributed by atoms with van der Waals surface area (Å²) in [6.07, 6.45) is 10.5. The summed E-state index contributed by atoms with van der Waals surface area (Å²) >= 11 is 0. The number of nitrogens with zero attached hydrogens (tertiary/aromatic N) is 1. The van der Waals surface area contributed by atoms with E-state index in [2.05, 4.69) is 28.3 Å². The van der Waals surface area contributed by atoms with Gasteiger partial charge in [0.25, 0.3) is 5.91 Å².